The van der Waals surface area contributed by atoms with E-state index in [0.717, 1.165) is 10.7 Å². The van der Waals surface area contributed by atoms with E-state index in [9.17, 15) is 0 Å². The van der Waals surface area contributed by atoms with Crippen molar-refractivity contribution >= 4 is 11.3 Å². The number of nitrogens with one attached hydrogen (secondary N) is 1. The standard InChI is InChI=1S/C7H7N3S/c1-5-2-3-6(11-5)7-8-4-9-10-7/h2-4H,1H3,(H,8,9,10). The van der Waals surface area contributed by atoms with Gasteiger partial charge in [0, 0.05) is 4.88 Å². The third-order valence-corrected chi connectivity index (χ3v) is 2.40. The Morgan fingerprint density at radius 1 is 1.45 bits per heavy atom. The first kappa shape index (κ1) is 6.54. The van der Waals surface area contributed by atoms with Gasteiger partial charge in [-0.15, -0.1) is 21.5 Å². The summed E-state index contributed by atoms with van der Waals surface area (Å²) in [5.41, 5.74) is 0. The van der Waals surface area contributed by atoms with Crippen molar-refractivity contribution in [2.45, 2.75) is 6.92 Å². The van der Waals surface area contributed by atoms with Crippen LogP contribution < -0.4 is 0 Å². The molecular formula is C7H7N3S. The Bertz CT molecular complexity index is 336. The zero-order valence-corrected chi connectivity index (χ0v) is 6.85. The summed E-state index contributed by atoms with van der Waals surface area (Å²) in [6, 6.07) is 4.11. The molecule has 4 heteroatoms. The van der Waals surface area contributed by atoms with Crippen LogP contribution in [0.4, 0.5) is 0 Å². The van der Waals surface area contributed by atoms with Crippen molar-refractivity contribution in [2.75, 3.05) is 0 Å². The maximum Gasteiger partial charge on any atom is 0.171 e. The predicted molar refractivity (Wildman–Crippen MR) is 44.4 cm³/mol. The number of nitrogens with zero attached hydrogens (tertiary/aromatic N) is 2. The van der Waals surface area contributed by atoms with Crippen LogP contribution in [0.5, 0.6) is 0 Å². The Balaban J connectivity index is 2.45. The first-order valence-electron chi connectivity index (χ1n) is 3.29. The molecule has 0 aromatic carbocycles. The Kier molecular flexibility index (Phi) is 1.47. The number of aromatic amines is 1. The number of hydrogen-bond acceptors (Lipinski definition) is 3. The lowest BCUT2D eigenvalue weighted by atomic mass is 10.4. The van der Waals surface area contributed by atoms with Crippen molar-refractivity contribution in [1.82, 2.24) is 15.2 Å². The molecule has 0 aliphatic heterocycles. The zero-order valence-electron chi connectivity index (χ0n) is 6.03. The van der Waals surface area contributed by atoms with Gasteiger partial charge in [-0.3, -0.25) is 0 Å². The monoisotopic (exact) mass is 165 g/mol. The highest BCUT2D eigenvalue weighted by Crippen LogP contribution is 2.23. The summed E-state index contributed by atoms with van der Waals surface area (Å²) in [6.45, 7) is 2.07. The molecule has 0 amide bonds. The van der Waals surface area contributed by atoms with Crippen molar-refractivity contribution < 1.29 is 0 Å². The van der Waals surface area contributed by atoms with Crippen molar-refractivity contribution in [1.29, 1.82) is 0 Å². The maximum absolute atomic E-state index is 3.90. The summed E-state index contributed by atoms with van der Waals surface area (Å²) in [5.74, 6) is 0.850. The van der Waals surface area contributed by atoms with Crippen LogP contribution in [-0.4, -0.2) is 15.2 Å². The molecule has 0 unspecified atom stereocenters. The first-order valence-corrected chi connectivity index (χ1v) is 4.11. The molecule has 0 spiro atoms. The van der Waals surface area contributed by atoms with Crippen LogP contribution in [0.2, 0.25) is 0 Å². The molecule has 0 atom stereocenters. The summed E-state index contributed by atoms with van der Waals surface area (Å²) in [5, 5.41) is 7.61. The van der Waals surface area contributed by atoms with E-state index in [-0.39, 0.29) is 0 Å². The van der Waals surface area contributed by atoms with E-state index in [1.807, 2.05) is 6.07 Å². The van der Waals surface area contributed by atoms with Gasteiger partial charge in [0.15, 0.2) is 5.82 Å². The third kappa shape index (κ3) is 1.17. The maximum atomic E-state index is 3.90. The fraction of sp³-hybridized carbons (Fsp3) is 0.143. The molecule has 2 rings (SSSR count). The summed E-state index contributed by atoms with van der Waals surface area (Å²) in [4.78, 5) is 5.38. The third-order valence-electron chi connectivity index (χ3n) is 1.39. The number of hydrogen-bond donors (Lipinski definition) is 1. The van der Waals surface area contributed by atoms with E-state index < -0.39 is 0 Å². The molecule has 0 saturated heterocycles. The average Bonchev–Trinajstić information content (AvgIpc) is 2.55. The molecule has 11 heavy (non-hydrogen) atoms. The topological polar surface area (TPSA) is 41.6 Å². The van der Waals surface area contributed by atoms with Gasteiger partial charge in [0.1, 0.15) is 6.33 Å². The number of aromatic nitrogens is 3. The minimum absolute atomic E-state index is 0.850. The predicted octanol–water partition coefficient (Wildman–Crippen LogP) is 1.84. The second-order valence-electron chi connectivity index (χ2n) is 2.25. The van der Waals surface area contributed by atoms with Crippen molar-refractivity contribution in [3.63, 3.8) is 0 Å². The van der Waals surface area contributed by atoms with Gasteiger partial charge in [-0.1, -0.05) is 0 Å². The SMILES string of the molecule is Cc1ccc(-c2nnc[nH]2)s1. The van der Waals surface area contributed by atoms with Crippen LogP contribution >= 0.6 is 11.3 Å². The van der Waals surface area contributed by atoms with Crippen molar-refractivity contribution in [2.24, 2.45) is 0 Å². The van der Waals surface area contributed by atoms with Crippen LogP contribution in [0.1, 0.15) is 4.88 Å². The summed E-state index contributed by atoms with van der Waals surface area (Å²) in [7, 11) is 0. The molecule has 0 fully saturated rings. The molecule has 2 aromatic heterocycles. The van der Waals surface area contributed by atoms with E-state index >= 15 is 0 Å². The summed E-state index contributed by atoms with van der Waals surface area (Å²) >= 11 is 1.71. The highest BCUT2D eigenvalue weighted by molar-refractivity contribution is 7.15. The van der Waals surface area contributed by atoms with Gasteiger partial charge in [0.2, 0.25) is 0 Å². The highest BCUT2D eigenvalue weighted by Gasteiger charge is 2.01. The van der Waals surface area contributed by atoms with Crippen LogP contribution in [-0.2, 0) is 0 Å². The number of rotatable bonds is 1. The molecule has 3 nitrogen and oxygen atoms in total. The normalized spacial score (nSPS) is 10.3. The van der Waals surface area contributed by atoms with E-state index in [0.29, 0.717) is 0 Å². The summed E-state index contributed by atoms with van der Waals surface area (Å²) < 4.78 is 0. The van der Waals surface area contributed by atoms with Crippen LogP contribution in [0.25, 0.3) is 10.7 Å². The second kappa shape index (κ2) is 2.47. The van der Waals surface area contributed by atoms with Gasteiger partial charge in [0.05, 0.1) is 4.88 Å². The highest BCUT2D eigenvalue weighted by atomic mass is 32.1. The Morgan fingerprint density at radius 2 is 2.36 bits per heavy atom. The van der Waals surface area contributed by atoms with Gasteiger partial charge >= 0.3 is 0 Å². The number of thiophene rings is 1. The first-order chi connectivity index (χ1) is 5.36. The minimum atomic E-state index is 0.850. The minimum Gasteiger partial charge on any atom is -0.327 e. The van der Waals surface area contributed by atoms with Gasteiger partial charge in [0.25, 0.3) is 0 Å². The fourth-order valence-corrected chi connectivity index (χ4v) is 1.70. The van der Waals surface area contributed by atoms with Crippen LogP contribution in [0.15, 0.2) is 18.5 Å². The quantitative estimate of drug-likeness (QED) is 0.700. The van der Waals surface area contributed by atoms with E-state index in [1.165, 1.54) is 4.88 Å². The molecule has 0 aliphatic rings. The van der Waals surface area contributed by atoms with Gasteiger partial charge < -0.3 is 4.98 Å². The molecule has 0 aliphatic carbocycles. The Hall–Kier alpha value is -1.16. The molecule has 2 heterocycles. The van der Waals surface area contributed by atoms with Gasteiger partial charge in [-0.2, -0.15) is 0 Å². The van der Waals surface area contributed by atoms with Crippen LogP contribution in [0.3, 0.4) is 0 Å². The molecule has 56 valence electrons. The lowest BCUT2D eigenvalue weighted by Crippen LogP contribution is -1.72. The average molecular weight is 165 g/mol. The smallest absolute Gasteiger partial charge is 0.171 e. The molecule has 0 bridgehead atoms. The number of aryl methyl sites for hydroxylation is 1. The van der Waals surface area contributed by atoms with Crippen molar-refractivity contribution in [3.8, 4) is 10.7 Å². The van der Waals surface area contributed by atoms with Crippen molar-refractivity contribution in [3.05, 3.63) is 23.3 Å². The van der Waals surface area contributed by atoms with E-state index in [4.69, 9.17) is 0 Å². The fourth-order valence-electron chi connectivity index (χ4n) is 0.888. The molecule has 1 N–H and O–H groups in total. The largest absolute Gasteiger partial charge is 0.327 e. The zero-order chi connectivity index (χ0) is 7.68. The summed E-state index contributed by atoms with van der Waals surface area (Å²) in [6.07, 6.45) is 1.59. The van der Waals surface area contributed by atoms with Crippen LogP contribution in [0, 0.1) is 6.92 Å². The van der Waals surface area contributed by atoms with Gasteiger partial charge in [-0.05, 0) is 19.1 Å². The lowest BCUT2D eigenvalue weighted by Gasteiger charge is -1.84. The Morgan fingerprint density at radius 3 is 2.91 bits per heavy atom. The molecule has 0 radical (unpaired) electrons. The number of H-pyrrole nitrogens is 1. The molecule has 2 aromatic rings. The second-order valence-corrected chi connectivity index (χ2v) is 3.54. The Labute approximate surface area is 68.1 Å². The molecule has 0 saturated carbocycles. The molecular weight excluding hydrogens is 158 g/mol. The van der Waals surface area contributed by atoms with E-state index in [1.54, 1.807) is 17.7 Å². The van der Waals surface area contributed by atoms with Gasteiger partial charge in [-0.25, -0.2) is 0 Å². The van der Waals surface area contributed by atoms with E-state index in [2.05, 4.69) is 28.2 Å². The lowest BCUT2D eigenvalue weighted by molar-refractivity contribution is 1.10.